The van der Waals surface area contributed by atoms with Crippen LogP contribution in [0.3, 0.4) is 0 Å². The molecule has 0 aliphatic carbocycles. The Balaban J connectivity index is 1.51. The number of carbonyl (C=O) groups is 1. The Bertz CT molecular complexity index is 1070. The van der Waals surface area contributed by atoms with Crippen molar-refractivity contribution in [2.24, 2.45) is 10.9 Å². The average Bonchev–Trinajstić information content (AvgIpc) is 2.81. The van der Waals surface area contributed by atoms with Crippen LogP contribution in [-0.2, 0) is 16.2 Å². The molecule has 0 saturated carbocycles. The van der Waals surface area contributed by atoms with Crippen LogP contribution in [0.5, 0.6) is 17.4 Å². The number of nitrogens with two attached hydrogens (primary N) is 1. The van der Waals surface area contributed by atoms with Crippen molar-refractivity contribution in [3.8, 4) is 17.4 Å². The van der Waals surface area contributed by atoms with Crippen LogP contribution in [-0.4, -0.2) is 42.4 Å². The van der Waals surface area contributed by atoms with Gasteiger partial charge in [0.15, 0.2) is 12.4 Å². The first-order chi connectivity index (χ1) is 15.5. The Morgan fingerprint density at radius 3 is 2.56 bits per heavy atom. The van der Waals surface area contributed by atoms with E-state index in [1.165, 1.54) is 35.4 Å². The number of hydrogen-bond donors (Lipinski definition) is 1. The third-order valence-electron chi connectivity index (χ3n) is 4.44. The maximum absolute atomic E-state index is 13.0. The van der Waals surface area contributed by atoms with Gasteiger partial charge in [0.25, 0.3) is 5.91 Å². The molecule has 3 rings (SSSR count). The van der Waals surface area contributed by atoms with Gasteiger partial charge in [-0.1, -0.05) is 23.4 Å². The second-order valence-electron chi connectivity index (χ2n) is 6.75. The number of hydrogen-bond acceptors (Lipinski definition) is 6. The molecule has 1 heterocycles. The quantitative estimate of drug-likeness (QED) is 0.313. The molecule has 0 aliphatic heterocycles. The van der Waals surface area contributed by atoms with E-state index in [0.717, 1.165) is 5.56 Å². The molecule has 0 aliphatic rings. The van der Waals surface area contributed by atoms with Crippen molar-refractivity contribution in [3.63, 3.8) is 0 Å². The number of aromatic nitrogens is 1. The number of nitrogens with zero attached hydrogens (tertiary/aromatic N) is 3. The summed E-state index contributed by atoms with van der Waals surface area (Å²) in [7, 11) is 3.24. The van der Waals surface area contributed by atoms with Gasteiger partial charge in [-0.05, 0) is 36.4 Å². The number of para-hydroxylation sites is 1. The smallest absolute Gasteiger partial charge is 0.263 e. The third-order valence-corrected chi connectivity index (χ3v) is 4.44. The highest BCUT2D eigenvalue weighted by Crippen LogP contribution is 2.20. The van der Waals surface area contributed by atoms with Crippen LogP contribution in [0.2, 0.25) is 0 Å². The molecule has 9 heteroatoms. The van der Waals surface area contributed by atoms with E-state index >= 15 is 0 Å². The number of halogens is 1. The standard InChI is InChI=1S/C23H23FN4O4/c1-28(14-17-5-3-4-6-20(17)30-2)22(29)15-31-27-23(25)16-7-12-21(26-13-16)32-19-10-8-18(24)9-11-19/h3-13H,14-15H2,1-2H3,(H2,25,27). The number of oxime groups is 1. The molecular formula is C23H23FN4O4. The Morgan fingerprint density at radius 2 is 1.88 bits per heavy atom. The van der Waals surface area contributed by atoms with Gasteiger partial charge in [-0.2, -0.15) is 0 Å². The molecule has 166 valence electrons. The second-order valence-corrected chi connectivity index (χ2v) is 6.75. The van der Waals surface area contributed by atoms with E-state index < -0.39 is 0 Å². The summed E-state index contributed by atoms with van der Waals surface area (Å²) in [5.41, 5.74) is 7.27. The van der Waals surface area contributed by atoms with Gasteiger partial charge in [-0.15, -0.1) is 0 Å². The summed E-state index contributed by atoms with van der Waals surface area (Å²) in [5.74, 6) is 0.901. The first kappa shape index (κ1) is 22.5. The van der Waals surface area contributed by atoms with Gasteiger partial charge in [-0.25, -0.2) is 9.37 Å². The minimum atomic E-state index is -0.353. The summed E-state index contributed by atoms with van der Waals surface area (Å²) < 4.78 is 23.8. The Kier molecular flexibility index (Phi) is 7.58. The Hall–Kier alpha value is -4.14. The van der Waals surface area contributed by atoms with Crippen molar-refractivity contribution in [1.29, 1.82) is 0 Å². The second kappa shape index (κ2) is 10.8. The van der Waals surface area contributed by atoms with E-state index in [2.05, 4.69) is 10.1 Å². The number of benzene rings is 2. The SMILES string of the molecule is COc1ccccc1CN(C)C(=O)CO/N=C(/N)c1ccc(Oc2ccc(F)cc2)nc1. The normalized spacial score (nSPS) is 11.0. The number of amides is 1. The molecule has 3 aromatic rings. The maximum Gasteiger partial charge on any atom is 0.263 e. The lowest BCUT2D eigenvalue weighted by molar-refractivity contribution is -0.135. The minimum absolute atomic E-state index is 0.0611. The molecular weight excluding hydrogens is 415 g/mol. The molecule has 0 unspecified atom stereocenters. The molecule has 1 amide bonds. The molecule has 0 radical (unpaired) electrons. The molecule has 0 bridgehead atoms. The average molecular weight is 438 g/mol. The Morgan fingerprint density at radius 1 is 1.12 bits per heavy atom. The van der Waals surface area contributed by atoms with Gasteiger partial charge in [0.1, 0.15) is 17.3 Å². The molecule has 0 fully saturated rings. The lowest BCUT2D eigenvalue weighted by atomic mass is 10.2. The molecule has 1 aromatic heterocycles. The van der Waals surface area contributed by atoms with Crippen LogP contribution in [0, 0.1) is 5.82 Å². The monoisotopic (exact) mass is 438 g/mol. The highest BCUT2D eigenvalue weighted by molar-refractivity contribution is 5.96. The van der Waals surface area contributed by atoms with Crippen molar-refractivity contribution >= 4 is 11.7 Å². The predicted octanol–water partition coefficient (Wildman–Crippen LogP) is 3.32. The third kappa shape index (κ3) is 6.18. The van der Waals surface area contributed by atoms with E-state index in [-0.39, 0.29) is 24.2 Å². The van der Waals surface area contributed by atoms with Crippen LogP contribution in [0.1, 0.15) is 11.1 Å². The fourth-order valence-electron chi connectivity index (χ4n) is 2.71. The first-order valence-corrected chi connectivity index (χ1v) is 9.67. The zero-order valence-corrected chi connectivity index (χ0v) is 17.7. The predicted molar refractivity (Wildman–Crippen MR) is 117 cm³/mol. The summed E-state index contributed by atoms with van der Waals surface area (Å²) in [5, 5.41) is 3.78. The first-order valence-electron chi connectivity index (χ1n) is 9.67. The summed E-state index contributed by atoms with van der Waals surface area (Å²) in [6.07, 6.45) is 1.46. The molecule has 0 spiro atoms. The lowest BCUT2D eigenvalue weighted by Gasteiger charge is -2.18. The van der Waals surface area contributed by atoms with Gasteiger partial charge in [0.05, 0.1) is 7.11 Å². The lowest BCUT2D eigenvalue weighted by Crippen LogP contribution is -2.29. The van der Waals surface area contributed by atoms with Gasteiger partial charge in [0.2, 0.25) is 5.88 Å². The van der Waals surface area contributed by atoms with Gasteiger partial charge < -0.3 is 24.9 Å². The fraction of sp³-hybridized carbons (Fsp3) is 0.174. The number of rotatable bonds is 9. The number of amidine groups is 1. The van der Waals surface area contributed by atoms with Crippen LogP contribution in [0.15, 0.2) is 72.0 Å². The number of carbonyl (C=O) groups excluding carboxylic acids is 1. The summed E-state index contributed by atoms with van der Waals surface area (Å²) in [6.45, 7) is 0.0936. The van der Waals surface area contributed by atoms with Crippen molar-refractivity contribution in [2.75, 3.05) is 20.8 Å². The molecule has 0 atom stereocenters. The van der Waals surface area contributed by atoms with E-state index in [1.807, 2.05) is 24.3 Å². The van der Waals surface area contributed by atoms with E-state index in [9.17, 15) is 9.18 Å². The van der Waals surface area contributed by atoms with Crippen LogP contribution in [0.4, 0.5) is 4.39 Å². The molecule has 0 saturated heterocycles. The van der Waals surface area contributed by atoms with Gasteiger partial charge in [0, 0.05) is 37.0 Å². The number of likely N-dealkylation sites (N-methyl/N-ethyl adjacent to an activating group) is 1. The largest absolute Gasteiger partial charge is 0.496 e. The van der Waals surface area contributed by atoms with E-state index in [1.54, 1.807) is 26.3 Å². The summed E-state index contributed by atoms with van der Waals surface area (Å²) in [4.78, 5) is 23.1. The summed E-state index contributed by atoms with van der Waals surface area (Å²) in [6, 6.07) is 16.3. The van der Waals surface area contributed by atoms with Crippen molar-refractivity contribution in [1.82, 2.24) is 9.88 Å². The zero-order valence-electron chi connectivity index (χ0n) is 17.7. The van der Waals surface area contributed by atoms with Crippen LogP contribution >= 0.6 is 0 Å². The van der Waals surface area contributed by atoms with Crippen molar-refractivity contribution < 1.29 is 23.5 Å². The Labute approximate surface area is 185 Å². The van der Waals surface area contributed by atoms with Gasteiger partial charge >= 0.3 is 0 Å². The van der Waals surface area contributed by atoms with Crippen molar-refractivity contribution in [2.45, 2.75) is 6.54 Å². The zero-order chi connectivity index (χ0) is 22.9. The number of pyridine rings is 1. The highest BCUT2D eigenvalue weighted by Gasteiger charge is 2.13. The number of methoxy groups -OCH3 is 1. The number of ether oxygens (including phenoxy) is 2. The minimum Gasteiger partial charge on any atom is -0.496 e. The fourth-order valence-corrected chi connectivity index (χ4v) is 2.71. The molecule has 8 nitrogen and oxygen atoms in total. The van der Waals surface area contributed by atoms with E-state index in [0.29, 0.717) is 29.5 Å². The molecule has 2 N–H and O–H groups in total. The molecule has 32 heavy (non-hydrogen) atoms. The van der Waals surface area contributed by atoms with Crippen LogP contribution < -0.4 is 15.2 Å². The summed E-state index contributed by atoms with van der Waals surface area (Å²) >= 11 is 0. The topological polar surface area (TPSA) is 99.3 Å². The van der Waals surface area contributed by atoms with Gasteiger partial charge in [-0.3, -0.25) is 4.79 Å². The van der Waals surface area contributed by atoms with E-state index in [4.69, 9.17) is 20.0 Å². The van der Waals surface area contributed by atoms with Crippen molar-refractivity contribution in [3.05, 3.63) is 83.8 Å². The highest BCUT2D eigenvalue weighted by atomic mass is 19.1. The van der Waals surface area contributed by atoms with Crippen LogP contribution in [0.25, 0.3) is 0 Å². The molecule has 2 aromatic carbocycles. The maximum atomic E-state index is 13.0.